The lowest BCUT2D eigenvalue weighted by atomic mass is 9.85. The molecular weight excluding hydrogens is 521 g/mol. The van der Waals surface area contributed by atoms with E-state index in [-0.39, 0.29) is 65.4 Å². The minimum atomic E-state index is -0.146. The molecule has 32 heavy (non-hydrogen) atoms. The van der Waals surface area contributed by atoms with Crippen LogP contribution in [0.2, 0.25) is 0 Å². The fourth-order valence-electron chi connectivity index (χ4n) is 5.63. The number of hydrogen-bond acceptors (Lipinski definition) is 4. The molecule has 3 amide bonds. The molecule has 0 aromatic rings. The number of aliphatic imine (C=N–C) groups is 1. The van der Waals surface area contributed by atoms with E-state index in [2.05, 4.69) is 33.1 Å². The molecule has 3 N–H and O–H groups in total. The standard InChI is InChI=1S/C23H35N5O3.HI/c1-2-24-23(25-11-10-18(29)27-17-6-4-3-5-7-17)26-12-13-28-21(30)19-15-8-9-16(14-15)20(19)22(28)31;/h8-9,15-17,19-20H,2-7,10-14H2,1H3,(H,27,29)(H2,24,25,26);1H. The quantitative estimate of drug-likeness (QED) is 0.139. The van der Waals surface area contributed by atoms with Crippen LogP contribution in [0, 0.1) is 23.7 Å². The molecule has 2 saturated carbocycles. The summed E-state index contributed by atoms with van der Waals surface area (Å²) in [5, 5.41) is 9.46. The molecule has 2 bridgehead atoms. The van der Waals surface area contributed by atoms with Crippen molar-refractivity contribution in [2.45, 2.75) is 57.9 Å². The second kappa shape index (κ2) is 11.5. The smallest absolute Gasteiger partial charge is 0.233 e. The van der Waals surface area contributed by atoms with Crippen molar-refractivity contribution in [2.24, 2.45) is 28.7 Å². The zero-order valence-electron chi connectivity index (χ0n) is 18.8. The second-order valence-electron chi connectivity index (χ2n) is 9.17. The summed E-state index contributed by atoms with van der Waals surface area (Å²) in [6.45, 7) is 3.86. The van der Waals surface area contributed by atoms with Crippen molar-refractivity contribution in [1.82, 2.24) is 20.9 Å². The van der Waals surface area contributed by atoms with E-state index in [4.69, 9.17) is 0 Å². The molecule has 9 heteroatoms. The molecular formula is C23H36IN5O3. The first-order valence-electron chi connectivity index (χ1n) is 11.9. The number of imide groups is 1. The Balaban J connectivity index is 0.00000289. The number of nitrogens with one attached hydrogen (secondary N) is 3. The Morgan fingerprint density at radius 3 is 2.34 bits per heavy atom. The fraction of sp³-hybridized carbons (Fsp3) is 0.739. The molecule has 178 valence electrons. The monoisotopic (exact) mass is 557 g/mol. The van der Waals surface area contributed by atoms with Crippen LogP contribution in [0.15, 0.2) is 17.1 Å². The largest absolute Gasteiger partial charge is 0.357 e. The van der Waals surface area contributed by atoms with Gasteiger partial charge in [0.25, 0.3) is 0 Å². The number of likely N-dealkylation sites (tertiary alicyclic amines) is 1. The number of rotatable bonds is 8. The van der Waals surface area contributed by atoms with Crippen LogP contribution in [0.1, 0.15) is 51.9 Å². The number of amides is 3. The summed E-state index contributed by atoms with van der Waals surface area (Å²) in [6, 6.07) is 0.317. The predicted octanol–water partition coefficient (Wildman–Crippen LogP) is 1.81. The van der Waals surface area contributed by atoms with Gasteiger partial charge in [-0.05, 0) is 38.0 Å². The number of halogens is 1. The number of fused-ring (bicyclic) bond motifs is 5. The van der Waals surface area contributed by atoms with Gasteiger partial charge in [0, 0.05) is 32.1 Å². The molecule has 0 aromatic heterocycles. The Hall–Kier alpha value is -1.65. The highest BCUT2D eigenvalue weighted by Gasteiger charge is 2.58. The molecule has 8 nitrogen and oxygen atoms in total. The molecule has 4 rings (SSSR count). The highest BCUT2D eigenvalue weighted by molar-refractivity contribution is 14.0. The van der Waals surface area contributed by atoms with Gasteiger partial charge in [-0.3, -0.25) is 24.3 Å². The van der Waals surface area contributed by atoms with E-state index in [1.165, 1.54) is 24.2 Å². The Morgan fingerprint density at radius 1 is 1.06 bits per heavy atom. The molecule has 0 spiro atoms. The zero-order chi connectivity index (χ0) is 21.8. The van der Waals surface area contributed by atoms with Crippen molar-refractivity contribution in [3.05, 3.63) is 12.2 Å². The van der Waals surface area contributed by atoms with Gasteiger partial charge in [0.2, 0.25) is 17.7 Å². The Bertz CT molecular complexity index is 735. The molecule has 1 saturated heterocycles. The Labute approximate surface area is 207 Å². The maximum absolute atomic E-state index is 12.8. The van der Waals surface area contributed by atoms with Crippen LogP contribution in [0.3, 0.4) is 0 Å². The molecule has 1 heterocycles. The van der Waals surface area contributed by atoms with Crippen molar-refractivity contribution in [2.75, 3.05) is 26.2 Å². The number of carbonyl (C=O) groups excluding carboxylic acids is 3. The number of nitrogens with zero attached hydrogens (tertiary/aromatic N) is 2. The van der Waals surface area contributed by atoms with E-state index in [1.54, 1.807) is 0 Å². The number of hydrogen-bond donors (Lipinski definition) is 3. The summed E-state index contributed by atoms with van der Waals surface area (Å²) in [5.74, 6) is 0.804. The van der Waals surface area contributed by atoms with Gasteiger partial charge >= 0.3 is 0 Å². The SMILES string of the molecule is CCNC(=NCCC(=O)NC1CCCCC1)NCCN1C(=O)C2C3C=CC(C3)C2C1=O.I. The topological polar surface area (TPSA) is 103 Å². The van der Waals surface area contributed by atoms with Gasteiger partial charge in [0.05, 0.1) is 18.4 Å². The molecule has 0 radical (unpaired) electrons. The van der Waals surface area contributed by atoms with E-state index in [9.17, 15) is 14.4 Å². The van der Waals surface area contributed by atoms with Gasteiger partial charge in [-0.1, -0.05) is 31.4 Å². The lowest BCUT2D eigenvalue weighted by Gasteiger charge is -2.22. The van der Waals surface area contributed by atoms with E-state index in [0.29, 0.717) is 44.6 Å². The van der Waals surface area contributed by atoms with E-state index >= 15 is 0 Å². The van der Waals surface area contributed by atoms with Crippen LogP contribution in [-0.2, 0) is 14.4 Å². The van der Waals surface area contributed by atoms with E-state index in [1.807, 2.05) is 6.92 Å². The molecule has 4 unspecified atom stereocenters. The first-order chi connectivity index (χ1) is 15.1. The number of carbonyl (C=O) groups is 3. The average Bonchev–Trinajstić information content (AvgIpc) is 3.44. The van der Waals surface area contributed by atoms with Crippen LogP contribution in [0.25, 0.3) is 0 Å². The average molecular weight is 557 g/mol. The van der Waals surface area contributed by atoms with Crippen LogP contribution >= 0.6 is 24.0 Å². The van der Waals surface area contributed by atoms with Crippen LogP contribution in [0.5, 0.6) is 0 Å². The fourth-order valence-corrected chi connectivity index (χ4v) is 5.63. The molecule has 3 aliphatic carbocycles. The lowest BCUT2D eigenvalue weighted by Crippen LogP contribution is -2.44. The third-order valence-electron chi connectivity index (χ3n) is 7.11. The van der Waals surface area contributed by atoms with Gasteiger partial charge in [-0.15, -0.1) is 24.0 Å². The molecule has 3 fully saturated rings. The van der Waals surface area contributed by atoms with Crippen molar-refractivity contribution < 1.29 is 14.4 Å². The van der Waals surface area contributed by atoms with Gasteiger partial charge < -0.3 is 16.0 Å². The zero-order valence-corrected chi connectivity index (χ0v) is 21.2. The van der Waals surface area contributed by atoms with Gasteiger partial charge in [0.1, 0.15) is 0 Å². The van der Waals surface area contributed by atoms with Crippen molar-refractivity contribution >= 4 is 47.7 Å². The lowest BCUT2D eigenvalue weighted by molar-refractivity contribution is -0.140. The Morgan fingerprint density at radius 2 is 1.72 bits per heavy atom. The third kappa shape index (κ3) is 5.46. The van der Waals surface area contributed by atoms with Crippen molar-refractivity contribution in [3.8, 4) is 0 Å². The molecule has 0 aromatic carbocycles. The molecule has 1 aliphatic heterocycles. The first-order valence-corrected chi connectivity index (χ1v) is 11.9. The van der Waals surface area contributed by atoms with E-state index in [0.717, 1.165) is 19.3 Å². The van der Waals surface area contributed by atoms with Gasteiger partial charge in [-0.25, -0.2) is 0 Å². The summed E-state index contributed by atoms with van der Waals surface area (Å²) in [7, 11) is 0. The first kappa shape index (κ1) is 25.0. The number of guanidine groups is 1. The minimum absolute atomic E-state index is 0. The van der Waals surface area contributed by atoms with E-state index < -0.39 is 0 Å². The predicted molar refractivity (Wildman–Crippen MR) is 133 cm³/mol. The van der Waals surface area contributed by atoms with Crippen LogP contribution in [-0.4, -0.2) is 60.8 Å². The second-order valence-corrected chi connectivity index (χ2v) is 9.17. The highest BCUT2D eigenvalue weighted by Crippen LogP contribution is 2.52. The maximum Gasteiger partial charge on any atom is 0.233 e. The third-order valence-corrected chi connectivity index (χ3v) is 7.11. The van der Waals surface area contributed by atoms with Crippen LogP contribution < -0.4 is 16.0 Å². The maximum atomic E-state index is 12.8. The summed E-state index contributed by atoms with van der Waals surface area (Å²) in [5.41, 5.74) is 0. The van der Waals surface area contributed by atoms with Crippen LogP contribution in [0.4, 0.5) is 0 Å². The normalized spacial score (nSPS) is 29.2. The minimum Gasteiger partial charge on any atom is -0.357 e. The summed E-state index contributed by atoms with van der Waals surface area (Å²) >= 11 is 0. The van der Waals surface area contributed by atoms with Gasteiger partial charge in [0.15, 0.2) is 5.96 Å². The Kier molecular flexibility index (Phi) is 8.95. The molecule has 4 aliphatic rings. The summed E-state index contributed by atoms with van der Waals surface area (Å²) in [6.07, 6.45) is 11.3. The van der Waals surface area contributed by atoms with Crippen molar-refractivity contribution in [3.63, 3.8) is 0 Å². The summed E-state index contributed by atoms with van der Waals surface area (Å²) < 4.78 is 0. The highest BCUT2D eigenvalue weighted by atomic mass is 127. The van der Waals surface area contributed by atoms with Crippen molar-refractivity contribution in [1.29, 1.82) is 0 Å². The number of allylic oxidation sites excluding steroid dienone is 2. The summed E-state index contributed by atoms with van der Waals surface area (Å²) in [4.78, 5) is 43.6. The van der Waals surface area contributed by atoms with Gasteiger partial charge in [-0.2, -0.15) is 0 Å². The molecule has 4 atom stereocenters.